The number of hydrogen-bond acceptors (Lipinski definition) is 8. The second kappa shape index (κ2) is 29.6. The third-order valence-corrected chi connectivity index (χ3v) is 6.16. The molecular formula is C31H57NO7. The van der Waals surface area contributed by atoms with Gasteiger partial charge in [0.15, 0.2) is 0 Å². The summed E-state index contributed by atoms with van der Waals surface area (Å²) in [4.78, 5) is 0. The number of anilines is 1. The highest BCUT2D eigenvalue weighted by atomic mass is 16.6. The first-order chi connectivity index (χ1) is 19.3. The van der Waals surface area contributed by atoms with Crippen molar-refractivity contribution in [3.8, 4) is 5.75 Å². The van der Waals surface area contributed by atoms with Gasteiger partial charge in [-0.25, -0.2) is 0 Å². The van der Waals surface area contributed by atoms with E-state index in [2.05, 4.69) is 6.92 Å². The topological polar surface area (TPSA) is 90.6 Å². The maximum Gasteiger partial charge on any atom is 0.142 e. The Balaban J connectivity index is 1.64. The Labute approximate surface area is 238 Å². The van der Waals surface area contributed by atoms with Gasteiger partial charge in [0.05, 0.1) is 78.4 Å². The fourth-order valence-electron chi connectivity index (χ4n) is 3.89. The van der Waals surface area contributed by atoms with Crippen LogP contribution in [0, 0.1) is 0 Å². The number of para-hydroxylation sites is 2. The SMILES string of the molecule is CCCCCCCCCCCCCOCCOCCOCCOCCOCCOCCOc1ccccc1N. The van der Waals surface area contributed by atoms with Crippen molar-refractivity contribution in [2.45, 2.75) is 77.6 Å². The molecular weight excluding hydrogens is 498 g/mol. The Kier molecular flexibility index (Phi) is 27.0. The molecule has 0 fully saturated rings. The summed E-state index contributed by atoms with van der Waals surface area (Å²) in [5.41, 5.74) is 6.45. The Morgan fingerprint density at radius 3 is 1.23 bits per heavy atom. The van der Waals surface area contributed by atoms with E-state index >= 15 is 0 Å². The Morgan fingerprint density at radius 1 is 0.436 bits per heavy atom. The van der Waals surface area contributed by atoms with Crippen LogP contribution in [-0.2, 0) is 28.4 Å². The highest BCUT2D eigenvalue weighted by molar-refractivity contribution is 5.51. The van der Waals surface area contributed by atoms with Crippen LogP contribution in [0.2, 0.25) is 0 Å². The van der Waals surface area contributed by atoms with E-state index in [0.717, 1.165) is 13.0 Å². The minimum Gasteiger partial charge on any atom is -0.489 e. The molecule has 0 aliphatic heterocycles. The summed E-state index contributed by atoms with van der Waals surface area (Å²) in [5.74, 6) is 0.681. The van der Waals surface area contributed by atoms with Gasteiger partial charge in [0.25, 0.3) is 0 Å². The first kappa shape index (κ1) is 35.6. The molecule has 0 saturated carbocycles. The molecule has 0 aliphatic carbocycles. The summed E-state index contributed by atoms with van der Waals surface area (Å²) in [5, 5.41) is 0. The zero-order valence-electron chi connectivity index (χ0n) is 24.7. The van der Waals surface area contributed by atoms with Crippen molar-refractivity contribution in [1.82, 2.24) is 0 Å². The molecule has 1 aromatic carbocycles. The Hall–Kier alpha value is -1.42. The zero-order chi connectivity index (χ0) is 27.9. The van der Waals surface area contributed by atoms with Crippen LogP contribution in [0.25, 0.3) is 0 Å². The molecule has 8 heteroatoms. The molecule has 0 aliphatic rings. The van der Waals surface area contributed by atoms with Gasteiger partial charge in [0, 0.05) is 6.61 Å². The second-order valence-corrected chi connectivity index (χ2v) is 9.60. The average Bonchev–Trinajstić information content (AvgIpc) is 2.95. The van der Waals surface area contributed by atoms with Crippen LogP contribution in [0.5, 0.6) is 5.75 Å². The van der Waals surface area contributed by atoms with Gasteiger partial charge in [0.2, 0.25) is 0 Å². The highest BCUT2D eigenvalue weighted by Gasteiger charge is 1.99. The minimum atomic E-state index is 0.454. The molecule has 1 rings (SSSR count). The van der Waals surface area contributed by atoms with Crippen LogP contribution in [0.1, 0.15) is 77.6 Å². The number of hydrogen-bond donors (Lipinski definition) is 1. The van der Waals surface area contributed by atoms with E-state index in [9.17, 15) is 0 Å². The van der Waals surface area contributed by atoms with Crippen LogP contribution in [0.4, 0.5) is 5.69 Å². The first-order valence-corrected chi connectivity index (χ1v) is 15.3. The predicted molar refractivity (Wildman–Crippen MR) is 158 cm³/mol. The number of nitrogen functional groups attached to an aromatic ring is 1. The molecule has 228 valence electrons. The molecule has 2 N–H and O–H groups in total. The molecule has 8 nitrogen and oxygen atoms in total. The summed E-state index contributed by atoms with van der Waals surface area (Å²) in [7, 11) is 0. The normalized spacial score (nSPS) is 11.3. The molecule has 0 unspecified atom stereocenters. The lowest BCUT2D eigenvalue weighted by Crippen LogP contribution is -2.15. The maximum atomic E-state index is 5.82. The van der Waals surface area contributed by atoms with Crippen molar-refractivity contribution in [3.05, 3.63) is 24.3 Å². The van der Waals surface area contributed by atoms with Crippen molar-refractivity contribution in [2.75, 3.05) is 91.6 Å². The lowest BCUT2D eigenvalue weighted by molar-refractivity contribution is -0.0179. The van der Waals surface area contributed by atoms with E-state index in [0.29, 0.717) is 90.7 Å². The summed E-state index contributed by atoms with van der Waals surface area (Å²) in [6.07, 6.45) is 14.9. The molecule has 0 amide bonds. The van der Waals surface area contributed by atoms with Gasteiger partial charge in [-0.2, -0.15) is 0 Å². The van der Waals surface area contributed by atoms with Crippen molar-refractivity contribution < 1.29 is 33.2 Å². The first-order valence-electron chi connectivity index (χ1n) is 15.3. The van der Waals surface area contributed by atoms with Gasteiger partial charge in [0.1, 0.15) is 12.4 Å². The smallest absolute Gasteiger partial charge is 0.142 e. The number of unbranched alkanes of at least 4 members (excludes halogenated alkanes) is 10. The highest BCUT2D eigenvalue weighted by Crippen LogP contribution is 2.19. The number of nitrogens with two attached hydrogens (primary N) is 1. The Bertz CT molecular complexity index is 620. The molecule has 0 atom stereocenters. The third-order valence-electron chi connectivity index (χ3n) is 6.16. The average molecular weight is 556 g/mol. The molecule has 0 bridgehead atoms. The van der Waals surface area contributed by atoms with Gasteiger partial charge in [-0.15, -0.1) is 0 Å². The zero-order valence-corrected chi connectivity index (χ0v) is 24.7. The van der Waals surface area contributed by atoms with Crippen LogP contribution >= 0.6 is 0 Å². The van der Waals surface area contributed by atoms with E-state index in [1.54, 1.807) is 0 Å². The van der Waals surface area contributed by atoms with Crippen LogP contribution in [0.15, 0.2) is 24.3 Å². The molecule has 39 heavy (non-hydrogen) atoms. The standard InChI is InChI=1S/C31H57NO7/c1-2-3-4-5-6-7-8-9-10-11-14-17-33-18-19-34-20-21-35-22-23-36-24-25-37-26-27-38-28-29-39-31-16-13-12-15-30(31)32/h12-13,15-16H,2-11,14,17-29,32H2,1H3. The van der Waals surface area contributed by atoms with E-state index in [1.807, 2.05) is 24.3 Å². The molecule has 0 radical (unpaired) electrons. The number of benzene rings is 1. The van der Waals surface area contributed by atoms with Gasteiger partial charge in [-0.3, -0.25) is 0 Å². The minimum absolute atomic E-state index is 0.454. The van der Waals surface area contributed by atoms with Gasteiger partial charge >= 0.3 is 0 Å². The largest absolute Gasteiger partial charge is 0.489 e. The summed E-state index contributed by atoms with van der Waals surface area (Å²) in [6, 6.07) is 7.42. The Morgan fingerprint density at radius 2 is 0.795 bits per heavy atom. The van der Waals surface area contributed by atoms with Gasteiger partial charge < -0.3 is 38.9 Å². The third kappa shape index (κ3) is 25.3. The summed E-state index contributed by atoms with van der Waals surface area (Å²) in [6.45, 7) is 9.66. The second-order valence-electron chi connectivity index (χ2n) is 9.60. The fraction of sp³-hybridized carbons (Fsp3) is 0.806. The molecule has 1 aromatic rings. The van der Waals surface area contributed by atoms with E-state index < -0.39 is 0 Å². The lowest BCUT2D eigenvalue weighted by atomic mass is 10.1. The number of rotatable bonds is 31. The van der Waals surface area contributed by atoms with E-state index in [4.69, 9.17) is 38.9 Å². The van der Waals surface area contributed by atoms with Crippen LogP contribution < -0.4 is 10.5 Å². The van der Waals surface area contributed by atoms with Crippen molar-refractivity contribution in [2.24, 2.45) is 0 Å². The monoisotopic (exact) mass is 555 g/mol. The van der Waals surface area contributed by atoms with E-state index in [-0.39, 0.29) is 0 Å². The molecule has 0 heterocycles. The number of ether oxygens (including phenoxy) is 7. The predicted octanol–water partition coefficient (Wildman–Crippen LogP) is 6.06. The fourth-order valence-corrected chi connectivity index (χ4v) is 3.89. The van der Waals surface area contributed by atoms with Crippen LogP contribution in [-0.4, -0.2) is 85.9 Å². The molecule has 0 aromatic heterocycles. The lowest BCUT2D eigenvalue weighted by Gasteiger charge is -2.09. The van der Waals surface area contributed by atoms with Crippen molar-refractivity contribution in [1.29, 1.82) is 0 Å². The van der Waals surface area contributed by atoms with Crippen molar-refractivity contribution in [3.63, 3.8) is 0 Å². The van der Waals surface area contributed by atoms with Gasteiger partial charge in [-0.05, 0) is 18.6 Å². The van der Waals surface area contributed by atoms with E-state index in [1.165, 1.54) is 64.2 Å². The van der Waals surface area contributed by atoms with Gasteiger partial charge in [-0.1, -0.05) is 83.3 Å². The maximum absolute atomic E-state index is 5.82. The quantitative estimate of drug-likeness (QED) is 0.0874. The molecule has 0 spiro atoms. The van der Waals surface area contributed by atoms with Crippen LogP contribution in [0.3, 0.4) is 0 Å². The van der Waals surface area contributed by atoms with Crippen molar-refractivity contribution >= 4 is 5.69 Å². The summed E-state index contributed by atoms with van der Waals surface area (Å²) < 4.78 is 38.7. The summed E-state index contributed by atoms with van der Waals surface area (Å²) >= 11 is 0. The molecule has 0 saturated heterocycles.